The van der Waals surface area contributed by atoms with Crippen molar-refractivity contribution in [2.75, 3.05) is 7.11 Å². The standard InChI is InChI=1S/C10H9ClN4O3/c1-18-8-3-2-6(11)4-7(8)15-13-9(12-14-15)5-10(16)17/h2-4H,5H2,1H3,(H,16,17). The normalized spacial score (nSPS) is 10.3. The van der Waals surface area contributed by atoms with Crippen LogP contribution in [0.5, 0.6) is 5.75 Å². The predicted molar refractivity (Wildman–Crippen MR) is 62.1 cm³/mol. The molecular weight excluding hydrogens is 260 g/mol. The highest BCUT2D eigenvalue weighted by Gasteiger charge is 2.12. The van der Waals surface area contributed by atoms with Gasteiger partial charge in [-0.2, -0.15) is 0 Å². The molecule has 0 unspecified atom stereocenters. The van der Waals surface area contributed by atoms with Gasteiger partial charge in [-0.3, -0.25) is 4.79 Å². The Morgan fingerprint density at radius 2 is 2.33 bits per heavy atom. The number of rotatable bonds is 4. The lowest BCUT2D eigenvalue weighted by Gasteiger charge is -2.06. The SMILES string of the molecule is COc1ccc(Cl)cc1-n1nnc(CC(=O)O)n1. The molecule has 0 bridgehead atoms. The van der Waals surface area contributed by atoms with Crippen LogP contribution in [0.2, 0.25) is 5.02 Å². The summed E-state index contributed by atoms with van der Waals surface area (Å²) in [5.74, 6) is -0.393. The summed E-state index contributed by atoms with van der Waals surface area (Å²) in [5.41, 5.74) is 0.495. The molecule has 0 saturated heterocycles. The Morgan fingerprint density at radius 1 is 1.56 bits per heavy atom. The van der Waals surface area contributed by atoms with Crippen molar-refractivity contribution in [3.63, 3.8) is 0 Å². The van der Waals surface area contributed by atoms with Crippen molar-refractivity contribution >= 4 is 17.6 Å². The van der Waals surface area contributed by atoms with Gasteiger partial charge in [-0.25, -0.2) is 0 Å². The molecule has 0 aliphatic carbocycles. The van der Waals surface area contributed by atoms with E-state index in [0.717, 1.165) is 0 Å². The molecule has 0 saturated carbocycles. The topological polar surface area (TPSA) is 90.1 Å². The second-order valence-electron chi connectivity index (χ2n) is 3.38. The van der Waals surface area contributed by atoms with E-state index in [1.807, 2.05) is 0 Å². The van der Waals surface area contributed by atoms with Crippen LogP contribution in [0.3, 0.4) is 0 Å². The van der Waals surface area contributed by atoms with Crippen LogP contribution in [-0.4, -0.2) is 38.4 Å². The number of tetrazole rings is 1. The number of methoxy groups -OCH3 is 1. The molecule has 0 atom stereocenters. The van der Waals surface area contributed by atoms with Crippen molar-refractivity contribution in [2.45, 2.75) is 6.42 Å². The highest BCUT2D eigenvalue weighted by molar-refractivity contribution is 6.30. The second-order valence-corrected chi connectivity index (χ2v) is 3.82. The number of carboxylic acid groups (broad SMARTS) is 1. The van der Waals surface area contributed by atoms with Crippen LogP contribution >= 0.6 is 11.6 Å². The van der Waals surface area contributed by atoms with Gasteiger partial charge >= 0.3 is 5.97 Å². The molecule has 1 aromatic carbocycles. The fraction of sp³-hybridized carbons (Fsp3) is 0.200. The second kappa shape index (κ2) is 5.01. The highest BCUT2D eigenvalue weighted by Crippen LogP contribution is 2.24. The molecule has 2 aromatic rings. The van der Waals surface area contributed by atoms with Crippen molar-refractivity contribution in [3.05, 3.63) is 29.0 Å². The van der Waals surface area contributed by atoms with Crippen LogP contribution in [0.15, 0.2) is 18.2 Å². The predicted octanol–water partition coefficient (Wildman–Crippen LogP) is 0.951. The molecule has 1 heterocycles. The minimum Gasteiger partial charge on any atom is -0.494 e. The first-order chi connectivity index (χ1) is 8.60. The molecule has 7 nitrogen and oxygen atoms in total. The van der Waals surface area contributed by atoms with Crippen LogP contribution in [0, 0.1) is 0 Å². The monoisotopic (exact) mass is 268 g/mol. The van der Waals surface area contributed by atoms with Crippen molar-refractivity contribution < 1.29 is 14.6 Å². The van der Waals surface area contributed by atoms with E-state index in [1.165, 1.54) is 11.9 Å². The van der Waals surface area contributed by atoms with Gasteiger partial charge in [-0.05, 0) is 23.4 Å². The summed E-state index contributed by atoms with van der Waals surface area (Å²) < 4.78 is 5.14. The Labute approximate surface area is 107 Å². The zero-order valence-corrected chi connectivity index (χ0v) is 10.1. The largest absolute Gasteiger partial charge is 0.494 e. The molecule has 0 fully saturated rings. The molecule has 8 heteroatoms. The summed E-state index contributed by atoms with van der Waals surface area (Å²) in [6, 6.07) is 4.93. The number of hydrogen-bond donors (Lipinski definition) is 1. The molecule has 0 aliphatic heterocycles. The molecule has 18 heavy (non-hydrogen) atoms. The molecule has 2 rings (SSSR count). The summed E-state index contributed by atoms with van der Waals surface area (Å²) in [6.07, 6.45) is -0.289. The van der Waals surface area contributed by atoms with E-state index in [1.54, 1.807) is 18.2 Å². The average molecular weight is 269 g/mol. The zero-order chi connectivity index (χ0) is 13.1. The van der Waals surface area contributed by atoms with Crippen LogP contribution in [-0.2, 0) is 11.2 Å². The third-order valence-electron chi connectivity index (χ3n) is 2.12. The zero-order valence-electron chi connectivity index (χ0n) is 9.37. The molecule has 1 aromatic heterocycles. The van der Waals surface area contributed by atoms with Gasteiger partial charge in [-0.15, -0.1) is 15.0 Å². The molecule has 0 spiro atoms. The third kappa shape index (κ3) is 2.57. The first-order valence-corrected chi connectivity index (χ1v) is 5.32. The lowest BCUT2D eigenvalue weighted by atomic mass is 10.3. The molecule has 94 valence electrons. The van der Waals surface area contributed by atoms with Crippen molar-refractivity contribution in [2.24, 2.45) is 0 Å². The summed E-state index contributed by atoms with van der Waals surface area (Å²) in [5, 5.41) is 20.5. The number of hydrogen-bond acceptors (Lipinski definition) is 5. The van der Waals surface area contributed by atoms with E-state index in [9.17, 15) is 4.79 Å². The summed E-state index contributed by atoms with van der Waals surface area (Å²) >= 11 is 5.88. The maximum absolute atomic E-state index is 10.5. The van der Waals surface area contributed by atoms with E-state index >= 15 is 0 Å². The molecule has 1 N–H and O–H groups in total. The van der Waals surface area contributed by atoms with Crippen molar-refractivity contribution in [3.8, 4) is 11.4 Å². The van der Waals surface area contributed by atoms with Crippen LogP contribution in [0.4, 0.5) is 0 Å². The van der Waals surface area contributed by atoms with Gasteiger partial charge in [0, 0.05) is 5.02 Å². The lowest BCUT2D eigenvalue weighted by Crippen LogP contribution is -2.04. The lowest BCUT2D eigenvalue weighted by molar-refractivity contribution is -0.136. The minimum absolute atomic E-state index is 0.115. The van der Waals surface area contributed by atoms with Gasteiger partial charge < -0.3 is 9.84 Å². The van der Waals surface area contributed by atoms with Gasteiger partial charge in [0.05, 0.1) is 7.11 Å². The van der Waals surface area contributed by atoms with E-state index in [0.29, 0.717) is 16.5 Å². The number of benzene rings is 1. The quantitative estimate of drug-likeness (QED) is 0.888. The summed E-state index contributed by atoms with van der Waals surface area (Å²) in [6.45, 7) is 0. The first kappa shape index (κ1) is 12.3. The maximum Gasteiger partial charge on any atom is 0.311 e. The number of aliphatic carboxylic acids is 1. The van der Waals surface area contributed by atoms with Crippen molar-refractivity contribution in [1.82, 2.24) is 20.2 Å². The van der Waals surface area contributed by atoms with Gasteiger partial charge in [0.25, 0.3) is 0 Å². The van der Waals surface area contributed by atoms with Crippen LogP contribution in [0.1, 0.15) is 5.82 Å². The Morgan fingerprint density at radius 3 is 3.00 bits per heavy atom. The maximum atomic E-state index is 10.5. The minimum atomic E-state index is -1.02. The number of carboxylic acids is 1. The van der Waals surface area contributed by atoms with Crippen LogP contribution in [0.25, 0.3) is 5.69 Å². The van der Waals surface area contributed by atoms with Gasteiger partial charge in [-0.1, -0.05) is 11.6 Å². The van der Waals surface area contributed by atoms with E-state index in [4.69, 9.17) is 21.4 Å². The number of carbonyl (C=O) groups is 1. The molecule has 0 aliphatic rings. The van der Waals surface area contributed by atoms with E-state index in [-0.39, 0.29) is 12.2 Å². The highest BCUT2D eigenvalue weighted by atomic mass is 35.5. The fourth-order valence-corrected chi connectivity index (χ4v) is 1.54. The third-order valence-corrected chi connectivity index (χ3v) is 2.36. The smallest absolute Gasteiger partial charge is 0.311 e. The summed E-state index contributed by atoms with van der Waals surface area (Å²) in [4.78, 5) is 11.7. The van der Waals surface area contributed by atoms with E-state index < -0.39 is 5.97 Å². The van der Waals surface area contributed by atoms with Crippen molar-refractivity contribution in [1.29, 1.82) is 0 Å². The average Bonchev–Trinajstić information content (AvgIpc) is 2.76. The Hall–Kier alpha value is -2.15. The molecule has 0 radical (unpaired) electrons. The Balaban J connectivity index is 2.38. The van der Waals surface area contributed by atoms with Crippen LogP contribution < -0.4 is 4.74 Å². The number of ether oxygens (including phenoxy) is 1. The number of halogens is 1. The first-order valence-electron chi connectivity index (χ1n) is 4.95. The van der Waals surface area contributed by atoms with Gasteiger partial charge in [0.15, 0.2) is 5.82 Å². The van der Waals surface area contributed by atoms with Gasteiger partial charge in [0.2, 0.25) is 0 Å². The number of aromatic nitrogens is 4. The van der Waals surface area contributed by atoms with Gasteiger partial charge in [0.1, 0.15) is 17.9 Å². The van der Waals surface area contributed by atoms with E-state index in [2.05, 4.69) is 15.4 Å². The number of nitrogens with zero attached hydrogens (tertiary/aromatic N) is 4. The summed E-state index contributed by atoms with van der Waals surface area (Å²) in [7, 11) is 1.50. The Bertz CT molecular complexity index is 584. The molecule has 0 amide bonds. The molecular formula is C10H9ClN4O3. The fourth-order valence-electron chi connectivity index (χ4n) is 1.37. The Kier molecular flexibility index (Phi) is 3.42.